The van der Waals surface area contributed by atoms with Gasteiger partial charge in [0.25, 0.3) is 0 Å². The molecule has 0 aromatic heterocycles. The van der Waals surface area contributed by atoms with Gasteiger partial charge in [0.05, 0.1) is 7.11 Å². The monoisotopic (exact) mass is 282 g/mol. The van der Waals surface area contributed by atoms with Gasteiger partial charge in [-0.15, -0.1) is 0 Å². The summed E-state index contributed by atoms with van der Waals surface area (Å²) in [6.07, 6.45) is 6.23. The van der Waals surface area contributed by atoms with Gasteiger partial charge in [-0.3, -0.25) is 0 Å². The van der Waals surface area contributed by atoms with Crippen LogP contribution >= 0.6 is 0 Å². The summed E-state index contributed by atoms with van der Waals surface area (Å²) in [7, 11) is 1.59. The van der Waals surface area contributed by atoms with Crippen LogP contribution in [0.15, 0.2) is 42.5 Å². The van der Waals surface area contributed by atoms with E-state index in [1.54, 1.807) is 13.2 Å². The molecule has 0 amide bonds. The van der Waals surface area contributed by atoms with Crippen molar-refractivity contribution < 1.29 is 9.84 Å². The fourth-order valence-electron chi connectivity index (χ4n) is 3.38. The van der Waals surface area contributed by atoms with Crippen LogP contribution in [0.5, 0.6) is 11.5 Å². The Labute approximate surface area is 126 Å². The lowest BCUT2D eigenvalue weighted by Crippen LogP contribution is -2.00. The third kappa shape index (κ3) is 3.05. The topological polar surface area (TPSA) is 29.5 Å². The molecule has 2 aromatic carbocycles. The molecule has 1 saturated carbocycles. The third-order valence-electron chi connectivity index (χ3n) is 4.49. The zero-order chi connectivity index (χ0) is 14.7. The second-order valence-corrected chi connectivity index (χ2v) is 5.86. The van der Waals surface area contributed by atoms with Gasteiger partial charge in [-0.1, -0.05) is 43.2 Å². The maximum atomic E-state index is 9.70. The molecule has 1 aliphatic rings. The number of hydrogen-bond donors (Lipinski definition) is 1. The quantitative estimate of drug-likeness (QED) is 0.884. The number of aromatic hydroxyl groups is 1. The zero-order valence-electron chi connectivity index (χ0n) is 12.5. The van der Waals surface area contributed by atoms with Gasteiger partial charge in [0.2, 0.25) is 0 Å². The molecule has 1 fully saturated rings. The van der Waals surface area contributed by atoms with Crippen molar-refractivity contribution in [2.24, 2.45) is 0 Å². The summed E-state index contributed by atoms with van der Waals surface area (Å²) in [5.74, 6) is 1.47. The predicted molar refractivity (Wildman–Crippen MR) is 85.1 cm³/mol. The molecule has 0 spiro atoms. The van der Waals surface area contributed by atoms with Crippen molar-refractivity contribution in [3.05, 3.63) is 59.2 Å². The van der Waals surface area contributed by atoms with Crippen LogP contribution in [0.4, 0.5) is 0 Å². The Kier molecular flexibility index (Phi) is 4.14. The van der Waals surface area contributed by atoms with Gasteiger partial charge >= 0.3 is 0 Å². The van der Waals surface area contributed by atoms with Crippen molar-refractivity contribution in [1.82, 2.24) is 0 Å². The van der Waals surface area contributed by atoms with Crippen molar-refractivity contribution in [2.75, 3.05) is 7.11 Å². The fourth-order valence-corrected chi connectivity index (χ4v) is 3.38. The van der Waals surface area contributed by atoms with Crippen molar-refractivity contribution >= 4 is 0 Å². The summed E-state index contributed by atoms with van der Waals surface area (Å²) in [5.41, 5.74) is 4.08. The van der Waals surface area contributed by atoms with Gasteiger partial charge < -0.3 is 9.84 Å². The Morgan fingerprint density at radius 1 is 1.10 bits per heavy atom. The molecule has 3 rings (SSSR count). The lowest BCUT2D eigenvalue weighted by atomic mass is 9.90. The van der Waals surface area contributed by atoms with E-state index in [0.29, 0.717) is 5.75 Å². The second kappa shape index (κ2) is 6.21. The van der Waals surface area contributed by atoms with Crippen molar-refractivity contribution in [3.8, 4) is 11.5 Å². The van der Waals surface area contributed by atoms with Crippen LogP contribution in [-0.4, -0.2) is 12.2 Å². The molecular formula is C19H22O2. The SMILES string of the molecule is COc1cc(Cc2ccccc2C2CCCC2)ccc1O. The van der Waals surface area contributed by atoms with E-state index >= 15 is 0 Å². The van der Waals surface area contributed by atoms with Gasteiger partial charge in [0.15, 0.2) is 11.5 Å². The van der Waals surface area contributed by atoms with Gasteiger partial charge in [0.1, 0.15) is 0 Å². The minimum Gasteiger partial charge on any atom is -0.504 e. The Hall–Kier alpha value is -1.96. The smallest absolute Gasteiger partial charge is 0.160 e. The molecule has 0 radical (unpaired) electrons. The van der Waals surface area contributed by atoms with Crippen LogP contribution in [0, 0.1) is 0 Å². The molecular weight excluding hydrogens is 260 g/mol. The number of hydrogen-bond acceptors (Lipinski definition) is 2. The minimum atomic E-state index is 0.199. The highest BCUT2D eigenvalue weighted by Gasteiger charge is 2.19. The molecule has 110 valence electrons. The molecule has 0 heterocycles. The van der Waals surface area contributed by atoms with Crippen LogP contribution < -0.4 is 4.74 Å². The number of rotatable bonds is 4. The minimum absolute atomic E-state index is 0.199. The zero-order valence-corrected chi connectivity index (χ0v) is 12.5. The first-order valence-electron chi connectivity index (χ1n) is 7.71. The van der Waals surface area contributed by atoms with Crippen molar-refractivity contribution in [2.45, 2.75) is 38.0 Å². The van der Waals surface area contributed by atoms with Crippen LogP contribution in [-0.2, 0) is 6.42 Å². The highest BCUT2D eigenvalue weighted by molar-refractivity contribution is 5.44. The summed E-state index contributed by atoms with van der Waals surface area (Å²) in [5, 5.41) is 9.70. The molecule has 0 saturated heterocycles. The van der Waals surface area contributed by atoms with E-state index in [-0.39, 0.29) is 5.75 Å². The van der Waals surface area contributed by atoms with E-state index in [4.69, 9.17) is 4.74 Å². The predicted octanol–water partition coefficient (Wildman–Crippen LogP) is 4.65. The van der Waals surface area contributed by atoms with Crippen LogP contribution in [0.3, 0.4) is 0 Å². The summed E-state index contributed by atoms with van der Waals surface area (Å²) >= 11 is 0. The van der Waals surface area contributed by atoms with Gasteiger partial charge in [-0.25, -0.2) is 0 Å². The fraction of sp³-hybridized carbons (Fsp3) is 0.368. The Morgan fingerprint density at radius 3 is 2.62 bits per heavy atom. The maximum absolute atomic E-state index is 9.70. The molecule has 2 heteroatoms. The molecule has 1 aliphatic carbocycles. The number of benzene rings is 2. The molecule has 1 N–H and O–H groups in total. The number of ether oxygens (including phenoxy) is 1. The summed E-state index contributed by atoms with van der Waals surface area (Å²) < 4.78 is 5.20. The molecule has 2 aromatic rings. The van der Waals surface area contributed by atoms with E-state index in [2.05, 4.69) is 24.3 Å². The van der Waals surface area contributed by atoms with Gasteiger partial charge in [0, 0.05) is 0 Å². The van der Waals surface area contributed by atoms with E-state index in [1.165, 1.54) is 42.4 Å². The van der Waals surface area contributed by atoms with E-state index in [0.717, 1.165) is 12.3 Å². The lowest BCUT2D eigenvalue weighted by molar-refractivity contribution is 0.373. The molecule has 0 aliphatic heterocycles. The largest absolute Gasteiger partial charge is 0.504 e. The third-order valence-corrected chi connectivity index (χ3v) is 4.49. The average Bonchev–Trinajstić information content (AvgIpc) is 3.04. The first-order chi connectivity index (χ1) is 10.3. The molecule has 21 heavy (non-hydrogen) atoms. The van der Waals surface area contributed by atoms with Crippen LogP contribution in [0.25, 0.3) is 0 Å². The number of methoxy groups -OCH3 is 1. The van der Waals surface area contributed by atoms with E-state index in [9.17, 15) is 5.11 Å². The highest BCUT2D eigenvalue weighted by Crippen LogP contribution is 2.36. The van der Waals surface area contributed by atoms with E-state index in [1.807, 2.05) is 12.1 Å². The first-order valence-corrected chi connectivity index (χ1v) is 7.71. The van der Waals surface area contributed by atoms with Gasteiger partial charge in [-0.2, -0.15) is 0 Å². The summed E-state index contributed by atoms with van der Waals surface area (Å²) in [4.78, 5) is 0. The number of phenols is 1. The van der Waals surface area contributed by atoms with Gasteiger partial charge in [-0.05, 0) is 54.0 Å². The number of phenolic OH excluding ortho intramolecular Hbond substituents is 1. The molecule has 0 unspecified atom stereocenters. The second-order valence-electron chi connectivity index (χ2n) is 5.86. The summed E-state index contributed by atoms with van der Waals surface area (Å²) in [6, 6.07) is 14.4. The maximum Gasteiger partial charge on any atom is 0.160 e. The molecule has 0 atom stereocenters. The molecule has 2 nitrogen and oxygen atoms in total. The first kappa shape index (κ1) is 14.0. The van der Waals surface area contributed by atoms with E-state index < -0.39 is 0 Å². The standard InChI is InChI=1S/C19H22O2/c1-21-19-13-14(10-11-18(19)20)12-16-8-4-5-9-17(16)15-6-2-3-7-15/h4-5,8-11,13,15,20H,2-3,6-7,12H2,1H3. The van der Waals surface area contributed by atoms with Crippen molar-refractivity contribution in [3.63, 3.8) is 0 Å². The lowest BCUT2D eigenvalue weighted by Gasteiger charge is -2.16. The average molecular weight is 282 g/mol. The molecule has 0 bridgehead atoms. The summed E-state index contributed by atoms with van der Waals surface area (Å²) in [6.45, 7) is 0. The Bertz CT molecular complexity index is 613. The van der Waals surface area contributed by atoms with Crippen LogP contribution in [0.1, 0.15) is 48.3 Å². The highest BCUT2D eigenvalue weighted by atomic mass is 16.5. The van der Waals surface area contributed by atoms with Crippen molar-refractivity contribution in [1.29, 1.82) is 0 Å². The Morgan fingerprint density at radius 2 is 1.86 bits per heavy atom. The van der Waals surface area contributed by atoms with Crippen LogP contribution in [0.2, 0.25) is 0 Å². The Balaban J connectivity index is 1.87. The normalized spacial score (nSPS) is 15.3.